The Hall–Kier alpha value is -2.09. The number of hydrogen-bond acceptors (Lipinski definition) is 4. The topological polar surface area (TPSA) is 62.7 Å². The van der Waals surface area contributed by atoms with Crippen molar-refractivity contribution in [3.63, 3.8) is 0 Å². The first kappa shape index (κ1) is 17.3. The molecule has 0 aliphatic carbocycles. The summed E-state index contributed by atoms with van der Waals surface area (Å²) in [4.78, 5) is 11.7. The van der Waals surface area contributed by atoms with E-state index in [9.17, 15) is 4.79 Å². The van der Waals surface area contributed by atoms with Crippen LogP contribution in [-0.4, -0.2) is 25.8 Å². The SMILES string of the molecule is COc1ccc(C=NNC(=O)CNc2ccc(C)cc2)cc1I. The summed E-state index contributed by atoms with van der Waals surface area (Å²) in [5.41, 5.74) is 5.47. The average molecular weight is 423 g/mol. The Morgan fingerprint density at radius 2 is 2.00 bits per heavy atom. The first-order chi connectivity index (χ1) is 11.1. The minimum atomic E-state index is -0.204. The van der Waals surface area contributed by atoms with Crippen LogP contribution in [0, 0.1) is 10.5 Å². The monoisotopic (exact) mass is 423 g/mol. The van der Waals surface area contributed by atoms with Crippen LogP contribution in [0.3, 0.4) is 0 Å². The maximum Gasteiger partial charge on any atom is 0.259 e. The Morgan fingerprint density at radius 1 is 1.26 bits per heavy atom. The Morgan fingerprint density at radius 3 is 2.65 bits per heavy atom. The van der Waals surface area contributed by atoms with Crippen molar-refractivity contribution in [1.29, 1.82) is 0 Å². The van der Waals surface area contributed by atoms with E-state index in [4.69, 9.17) is 4.74 Å². The normalized spacial score (nSPS) is 10.6. The fourth-order valence-corrected chi connectivity index (χ4v) is 2.59. The van der Waals surface area contributed by atoms with Crippen LogP contribution in [0.5, 0.6) is 5.75 Å². The molecule has 2 rings (SSSR count). The second-order valence-corrected chi connectivity index (χ2v) is 6.07. The Balaban J connectivity index is 1.81. The van der Waals surface area contributed by atoms with E-state index in [2.05, 4.69) is 38.4 Å². The van der Waals surface area contributed by atoms with Crippen molar-refractivity contribution in [3.05, 3.63) is 57.2 Å². The number of ether oxygens (including phenoxy) is 1. The number of methoxy groups -OCH3 is 1. The number of hydrazone groups is 1. The summed E-state index contributed by atoms with van der Waals surface area (Å²) in [6, 6.07) is 13.5. The highest BCUT2D eigenvalue weighted by atomic mass is 127. The summed E-state index contributed by atoms with van der Waals surface area (Å²) in [7, 11) is 1.63. The van der Waals surface area contributed by atoms with Crippen molar-refractivity contribution >= 4 is 40.4 Å². The fraction of sp³-hybridized carbons (Fsp3) is 0.176. The fourth-order valence-electron chi connectivity index (χ4n) is 1.84. The molecule has 1 amide bonds. The van der Waals surface area contributed by atoms with Crippen molar-refractivity contribution < 1.29 is 9.53 Å². The quantitative estimate of drug-likeness (QED) is 0.426. The van der Waals surface area contributed by atoms with Gasteiger partial charge in [0, 0.05) is 5.69 Å². The van der Waals surface area contributed by atoms with Crippen molar-refractivity contribution in [2.45, 2.75) is 6.92 Å². The molecule has 0 atom stereocenters. The molecule has 0 spiro atoms. The van der Waals surface area contributed by atoms with Crippen LogP contribution in [0.2, 0.25) is 0 Å². The minimum absolute atomic E-state index is 0.167. The largest absolute Gasteiger partial charge is 0.496 e. The standard InChI is InChI=1S/C17H18IN3O2/c1-12-3-6-14(7-4-12)19-11-17(22)21-20-10-13-5-8-16(23-2)15(18)9-13/h3-10,19H,11H2,1-2H3,(H,21,22). The molecule has 0 fully saturated rings. The summed E-state index contributed by atoms with van der Waals surface area (Å²) in [6.07, 6.45) is 1.60. The molecule has 5 nitrogen and oxygen atoms in total. The second-order valence-electron chi connectivity index (χ2n) is 4.91. The third-order valence-electron chi connectivity index (χ3n) is 3.08. The summed E-state index contributed by atoms with van der Waals surface area (Å²) in [6.45, 7) is 2.19. The van der Waals surface area contributed by atoms with Gasteiger partial charge in [-0.1, -0.05) is 17.7 Å². The number of rotatable bonds is 6. The van der Waals surface area contributed by atoms with Crippen LogP contribution in [0.15, 0.2) is 47.6 Å². The highest BCUT2D eigenvalue weighted by Gasteiger charge is 2.01. The molecule has 0 saturated carbocycles. The van der Waals surface area contributed by atoms with Gasteiger partial charge in [-0.15, -0.1) is 0 Å². The van der Waals surface area contributed by atoms with E-state index in [1.807, 2.05) is 49.4 Å². The predicted molar refractivity (Wildman–Crippen MR) is 101 cm³/mol. The lowest BCUT2D eigenvalue weighted by atomic mass is 10.2. The number of benzene rings is 2. The zero-order valence-corrected chi connectivity index (χ0v) is 15.1. The van der Waals surface area contributed by atoms with Gasteiger partial charge in [0.25, 0.3) is 5.91 Å². The number of halogens is 1. The van der Waals surface area contributed by atoms with Gasteiger partial charge in [-0.2, -0.15) is 5.10 Å². The van der Waals surface area contributed by atoms with Gasteiger partial charge in [-0.25, -0.2) is 5.43 Å². The first-order valence-electron chi connectivity index (χ1n) is 7.04. The third kappa shape index (κ3) is 5.55. The molecule has 0 aliphatic rings. The molecule has 0 saturated heterocycles. The number of carbonyl (C=O) groups is 1. The molecule has 0 radical (unpaired) electrons. The number of nitrogens with zero attached hydrogens (tertiary/aromatic N) is 1. The number of carbonyl (C=O) groups excluding carboxylic acids is 1. The Bertz CT molecular complexity index is 699. The molecule has 2 N–H and O–H groups in total. The lowest BCUT2D eigenvalue weighted by Crippen LogP contribution is -2.25. The molecule has 0 aliphatic heterocycles. The van der Waals surface area contributed by atoms with Crippen LogP contribution in [0.1, 0.15) is 11.1 Å². The van der Waals surface area contributed by atoms with E-state index >= 15 is 0 Å². The first-order valence-corrected chi connectivity index (χ1v) is 8.12. The van der Waals surface area contributed by atoms with Gasteiger partial charge in [-0.05, 0) is 65.4 Å². The van der Waals surface area contributed by atoms with E-state index in [1.54, 1.807) is 13.3 Å². The zero-order valence-electron chi connectivity index (χ0n) is 13.0. The Labute approximate surface area is 149 Å². The Kier molecular flexibility index (Phi) is 6.40. The molecule has 0 unspecified atom stereocenters. The maximum absolute atomic E-state index is 11.7. The van der Waals surface area contributed by atoms with Crippen LogP contribution in [0.25, 0.3) is 0 Å². The highest BCUT2D eigenvalue weighted by molar-refractivity contribution is 14.1. The molecule has 2 aromatic carbocycles. The molecule has 23 heavy (non-hydrogen) atoms. The van der Waals surface area contributed by atoms with Crippen LogP contribution < -0.4 is 15.5 Å². The molecular weight excluding hydrogens is 405 g/mol. The maximum atomic E-state index is 11.7. The van der Waals surface area contributed by atoms with Gasteiger partial charge >= 0.3 is 0 Å². The lowest BCUT2D eigenvalue weighted by molar-refractivity contribution is -0.119. The van der Waals surface area contributed by atoms with E-state index in [0.29, 0.717) is 0 Å². The summed E-state index contributed by atoms with van der Waals surface area (Å²) in [5, 5.41) is 7.00. The van der Waals surface area contributed by atoms with Crippen LogP contribution in [0.4, 0.5) is 5.69 Å². The number of aryl methyl sites for hydroxylation is 1. The van der Waals surface area contributed by atoms with Gasteiger partial charge < -0.3 is 10.1 Å². The number of hydrogen-bond donors (Lipinski definition) is 2. The highest BCUT2D eigenvalue weighted by Crippen LogP contribution is 2.20. The molecule has 0 heterocycles. The van der Waals surface area contributed by atoms with Crippen LogP contribution in [-0.2, 0) is 4.79 Å². The summed E-state index contributed by atoms with van der Waals surface area (Å²) in [5.74, 6) is 0.610. The van der Waals surface area contributed by atoms with Crippen molar-refractivity contribution in [3.8, 4) is 5.75 Å². The van der Waals surface area contributed by atoms with Crippen molar-refractivity contribution in [2.24, 2.45) is 5.10 Å². The second kappa shape index (κ2) is 8.52. The van der Waals surface area contributed by atoms with E-state index in [-0.39, 0.29) is 12.5 Å². The smallest absolute Gasteiger partial charge is 0.259 e. The van der Waals surface area contributed by atoms with Crippen LogP contribution >= 0.6 is 22.6 Å². The lowest BCUT2D eigenvalue weighted by Gasteiger charge is -2.05. The predicted octanol–water partition coefficient (Wildman–Crippen LogP) is 3.17. The number of anilines is 1. The minimum Gasteiger partial charge on any atom is -0.496 e. The van der Waals surface area contributed by atoms with Crippen molar-refractivity contribution in [1.82, 2.24) is 5.43 Å². The number of nitrogens with one attached hydrogen (secondary N) is 2. The molecular formula is C17H18IN3O2. The summed E-state index contributed by atoms with van der Waals surface area (Å²) >= 11 is 2.19. The molecule has 0 aromatic heterocycles. The third-order valence-corrected chi connectivity index (χ3v) is 3.93. The van der Waals surface area contributed by atoms with Gasteiger partial charge in [-0.3, -0.25) is 4.79 Å². The molecule has 0 bridgehead atoms. The van der Waals surface area contributed by atoms with Gasteiger partial charge in [0.15, 0.2) is 0 Å². The van der Waals surface area contributed by atoms with E-state index in [0.717, 1.165) is 20.6 Å². The van der Waals surface area contributed by atoms with Gasteiger partial charge in [0.05, 0.1) is 23.4 Å². The number of amides is 1. The van der Waals surface area contributed by atoms with E-state index < -0.39 is 0 Å². The molecule has 6 heteroatoms. The summed E-state index contributed by atoms with van der Waals surface area (Å²) < 4.78 is 6.18. The molecule has 2 aromatic rings. The van der Waals surface area contributed by atoms with E-state index in [1.165, 1.54) is 5.56 Å². The van der Waals surface area contributed by atoms with Crippen molar-refractivity contribution in [2.75, 3.05) is 19.0 Å². The van der Waals surface area contributed by atoms with Gasteiger partial charge in [0.1, 0.15) is 5.75 Å². The average Bonchev–Trinajstić information content (AvgIpc) is 2.54. The zero-order chi connectivity index (χ0) is 16.7. The molecule has 120 valence electrons. The van der Waals surface area contributed by atoms with Gasteiger partial charge in [0.2, 0.25) is 0 Å².